The van der Waals surface area contributed by atoms with Gasteiger partial charge in [0, 0.05) is 5.69 Å². The van der Waals surface area contributed by atoms with E-state index in [9.17, 15) is 13.6 Å². The summed E-state index contributed by atoms with van der Waals surface area (Å²) in [6, 6.07) is 7.91. The number of rotatable bonds is 5. The highest BCUT2D eigenvalue weighted by atomic mass is 79.9. The SMILES string of the molecule is Cc1nnnn1-c1cc(NC(=O)C(C)Oc2ccc(F)cc2Br)ccc1F. The van der Waals surface area contributed by atoms with E-state index in [1.54, 1.807) is 13.8 Å². The van der Waals surface area contributed by atoms with Crippen molar-refractivity contribution in [2.24, 2.45) is 0 Å². The normalized spacial score (nSPS) is 11.9. The summed E-state index contributed by atoms with van der Waals surface area (Å²) in [5.41, 5.74) is 0.449. The smallest absolute Gasteiger partial charge is 0.265 e. The molecule has 2 aromatic carbocycles. The second kappa shape index (κ2) is 7.78. The van der Waals surface area contributed by atoms with Gasteiger partial charge in [-0.05, 0) is 76.6 Å². The molecule has 1 N–H and O–H groups in total. The number of amides is 1. The molecular formula is C17H14BrF2N5O2. The maximum Gasteiger partial charge on any atom is 0.265 e. The van der Waals surface area contributed by atoms with Crippen LogP contribution in [0.1, 0.15) is 12.7 Å². The van der Waals surface area contributed by atoms with Gasteiger partial charge in [0.05, 0.1) is 4.47 Å². The number of carbonyl (C=O) groups excluding carboxylic acids is 1. The minimum Gasteiger partial charge on any atom is -0.480 e. The van der Waals surface area contributed by atoms with Gasteiger partial charge in [-0.15, -0.1) is 5.10 Å². The number of ether oxygens (including phenoxy) is 1. The van der Waals surface area contributed by atoms with Crippen molar-refractivity contribution < 1.29 is 18.3 Å². The van der Waals surface area contributed by atoms with Crippen LogP contribution in [0, 0.1) is 18.6 Å². The lowest BCUT2D eigenvalue weighted by molar-refractivity contribution is -0.122. The van der Waals surface area contributed by atoms with Gasteiger partial charge in [-0.25, -0.2) is 8.78 Å². The minimum absolute atomic E-state index is 0.102. The molecule has 3 aromatic rings. The number of anilines is 1. The number of halogens is 3. The fourth-order valence-electron chi connectivity index (χ4n) is 2.27. The number of hydrogen-bond acceptors (Lipinski definition) is 5. The molecule has 0 radical (unpaired) electrons. The first-order valence-corrected chi connectivity index (χ1v) is 8.62. The molecule has 1 unspecified atom stereocenters. The predicted molar refractivity (Wildman–Crippen MR) is 96.7 cm³/mol. The van der Waals surface area contributed by atoms with Gasteiger partial charge in [0.2, 0.25) is 0 Å². The van der Waals surface area contributed by atoms with E-state index in [4.69, 9.17) is 4.74 Å². The van der Waals surface area contributed by atoms with Crippen LogP contribution >= 0.6 is 15.9 Å². The molecule has 0 aliphatic carbocycles. The van der Waals surface area contributed by atoms with E-state index in [2.05, 4.69) is 36.8 Å². The average molecular weight is 438 g/mol. The molecule has 0 aliphatic rings. The second-order valence-electron chi connectivity index (χ2n) is 5.63. The van der Waals surface area contributed by atoms with Crippen molar-refractivity contribution in [3.63, 3.8) is 0 Å². The fraction of sp³-hybridized carbons (Fsp3) is 0.176. The standard InChI is InChI=1S/C17H14BrF2N5O2/c1-9(27-16-6-3-11(19)7-13(16)18)17(26)21-12-4-5-14(20)15(8-12)25-10(2)22-23-24-25/h3-9H,1-2H3,(H,21,26). The first-order valence-electron chi connectivity index (χ1n) is 7.82. The Hall–Kier alpha value is -2.88. The summed E-state index contributed by atoms with van der Waals surface area (Å²) < 4.78 is 34.4. The first-order chi connectivity index (χ1) is 12.8. The molecular weight excluding hydrogens is 424 g/mol. The van der Waals surface area contributed by atoms with Crippen molar-refractivity contribution in [2.75, 3.05) is 5.32 Å². The Bertz CT molecular complexity index is 995. The molecule has 0 fully saturated rings. The Balaban J connectivity index is 1.75. The molecule has 0 spiro atoms. The number of aromatic nitrogens is 4. The lowest BCUT2D eigenvalue weighted by Gasteiger charge is -2.16. The van der Waals surface area contributed by atoms with E-state index in [1.807, 2.05) is 0 Å². The zero-order valence-electron chi connectivity index (χ0n) is 14.3. The monoisotopic (exact) mass is 437 g/mol. The van der Waals surface area contributed by atoms with Crippen LogP contribution in [0.4, 0.5) is 14.5 Å². The molecule has 27 heavy (non-hydrogen) atoms. The van der Waals surface area contributed by atoms with Crippen LogP contribution in [0.15, 0.2) is 40.9 Å². The van der Waals surface area contributed by atoms with Gasteiger partial charge in [-0.3, -0.25) is 4.79 Å². The molecule has 0 saturated heterocycles. The van der Waals surface area contributed by atoms with E-state index in [1.165, 1.54) is 41.1 Å². The maximum absolute atomic E-state index is 14.1. The van der Waals surface area contributed by atoms with Crippen molar-refractivity contribution in [1.29, 1.82) is 0 Å². The predicted octanol–water partition coefficient (Wildman–Crippen LogP) is 3.42. The van der Waals surface area contributed by atoms with Crippen molar-refractivity contribution >= 4 is 27.5 Å². The number of benzene rings is 2. The third-order valence-corrected chi connectivity index (χ3v) is 4.25. The summed E-state index contributed by atoms with van der Waals surface area (Å²) in [5.74, 6) is -0.707. The number of nitrogens with zero attached hydrogens (tertiary/aromatic N) is 4. The summed E-state index contributed by atoms with van der Waals surface area (Å²) in [5, 5.41) is 13.5. The van der Waals surface area contributed by atoms with Gasteiger partial charge in [0.15, 0.2) is 11.9 Å². The number of nitrogens with one attached hydrogen (secondary N) is 1. The lowest BCUT2D eigenvalue weighted by atomic mass is 10.2. The molecule has 0 bridgehead atoms. The second-order valence-corrected chi connectivity index (χ2v) is 6.48. The molecule has 1 atom stereocenters. The van der Waals surface area contributed by atoms with Crippen LogP contribution in [0.25, 0.3) is 5.69 Å². The first kappa shape index (κ1) is 18.9. The summed E-state index contributed by atoms with van der Waals surface area (Å²) in [6.07, 6.45) is -0.880. The summed E-state index contributed by atoms with van der Waals surface area (Å²) in [7, 11) is 0. The van der Waals surface area contributed by atoms with Crippen molar-refractivity contribution in [2.45, 2.75) is 20.0 Å². The van der Waals surface area contributed by atoms with Gasteiger partial charge in [0.25, 0.3) is 5.91 Å². The largest absolute Gasteiger partial charge is 0.480 e. The van der Waals surface area contributed by atoms with Crippen molar-refractivity contribution in [3.8, 4) is 11.4 Å². The number of hydrogen-bond donors (Lipinski definition) is 1. The van der Waals surface area contributed by atoms with Gasteiger partial charge in [0.1, 0.15) is 23.1 Å². The van der Waals surface area contributed by atoms with E-state index >= 15 is 0 Å². The van der Waals surface area contributed by atoms with Crippen LogP contribution < -0.4 is 10.1 Å². The van der Waals surface area contributed by atoms with Crippen molar-refractivity contribution in [3.05, 3.63) is 58.3 Å². The zero-order valence-corrected chi connectivity index (χ0v) is 15.9. The van der Waals surface area contributed by atoms with Crippen molar-refractivity contribution in [1.82, 2.24) is 20.2 Å². The number of aryl methyl sites for hydroxylation is 1. The summed E-state index contributed by atoms with van der Waals surface area (Å²) in [6.45, 7) is 3.17. The van der Waals surface area contributed by atoms with Gasteiger partial charge < -0.3 is 10.1 Å². The number of tetrazole rings is 1. The van der Waals surface area contributed by atoms with E-state index in [-0.39, 0.29) is 5.69 Å². The van der Waals surface area contributed by atoms with E-state index in [0.717, 1.165) is 0 Å². The van der Waals surface area contributed by atoms with E-state index < -0.39 is 23.6 Å². The lowest BCUT2D eigenvalue weighted by Crippen LogP contribution is -2.30. The molecule has 1 amide bonds. The third-order valence-electron chi connectivity index (χ3n) is 3.63. The summed E-state index contributed by atoms with van der Waals surface area (Å²) in [4.78, 5) is 12.4. The highest BCUT2D eigenvalue weighted by molar-refractivity contribution is 9.10. The molecule has 3 rings (SSSR count). The Morgan fingerprint density at radius 2 is 2.04 bits per heavy atom. The topological polar surface area (TPSA) is 81.9 Å². The third kappa shape index (κ3) is 4.27. The Kier molecular flexibility index (Phi) is 5.45. The zero-order chi connectivity index (χ0) is 19.6. The van der Waals surface area contributed by atoms with Crippen LogP contribution in [-0.4, -0.2) is 32.2 Å². The summed E-state index contributed by atoms with van der Waals surface area (Å²) >= 11 is 3.18. The molecule has 140 valence electrons. The van der Waals surface area contributed by atoms with E-state index in [0.29, 0.717) is 21.7 Å². The average Bonchev–Trinajstić information content (AvgIpc) is 3.04. The molecule has 1 aromatic heterocycles. The molecule has 1 heterocycles. The van der Waals surface area contributed by atoms with Crippen LogP contribution in [0.5, 0.6) is 5.75 Å². The highest BCUT2D eigenvalue weighted by Gasteiger charge is 2.18. The Morgan fingerprint density at radius 1 is 1.26 bits per heavy atom. The molecule has 7 nitrogen and oxygen atoms in total. The molecule has 0 saturated carbocycles. The van der Waals surface area contributed by atoms with Crippen LogP contribution in [0.2, 0.25) is 0 Å². The molecule has 10 heteroatoms. The highest BCUT2D eigenvalue weighted by Crippen LogP contribution is 2.26. The van der Waals surface area contributed by atoms with Gasteiger partial charge in [-0.1, -0.05) is 0 Å². The Labute approximate surface area is 161 Å². The minimum atomic E-state index is -0.880. The quantitative estimate of drug-likeness (QED) is 0.661. The fourth-order valence-corrected chi connectivity index (χ4v) is 2.71. The maximum atomic E-state index is 14.1. The van der Waals surface area contributed by atoms with Crippen LogP contribution in [0.3, 0.4) is 0 Å². The van der Waals surface area contributed by atoms with Gasteiger partial charge >= 0.3 is 0 Å². The van der Waals surface area contributed by atoms with Gasteiger partial charge in [-0.2, -0.15) is 4.68 Å². The number of carbonyl (C=O) groups is 1. The Morgan fingerprint density at radius 3 is 2.70 bits per heavy atom. The molecule has 0 aliphatic heterocycles. The van der Waals surface area contributed by atoms with Crippen LogP contribution in [-0.2, 0) is 4.79 Å².